The number of ketones is 1. The Kier molecular flexibility index (Phi) is 6.35. The van der Waals surface area contributed by atoms with Crippen LogP contribution in [0.5, 0.6) is 0 Å². The van der Waals surface area contributed by atoms with Gasteiger partial charge in [-0.15, -0.1) is 0 Å². The highest BCUT2D eigenvalue weighted by Gasteiger charge is 2.28. The summed E-state index contributed by atoms with van der Waals surface area (Å²) in [5, 5.41) is 0. The van der Waals surface area contributed by atoms with Crippen LogP contribution in [0.2, 0.25) is 0 Å². The molecule has 1 aromatic carbocycles. The molecular formula is C26H32N2O3. The first kappa shape index (κ1) is 22.7. The Labute approximate surface area is 184 Å². The molecule has 0 saturated heterocycles. The minimum atomic E-state index is -0.565. The number of ether oxygens (including phenoxy) is 1. The Hall–Kier alpha value is -2.95. The molecular weight excluding hydrogens is 388 g/mol. The van der Waals surface area contributed by atoms with E-state index in [1.54, 1.807) is 18.3 Å². The van der Waals surface area contributed by atoms with Crippen molar-refractivity contribution in [2.24, 2.45) is 10.4 Å². The number of carbonyl (C=O) groups excluding carboxylic acids is 2. The zero-order valence-electron chi connectivity index (χ0n) is 19.3. The van der Waals surface area contributed by atoms with Crippen LogP contribution in [0, 0.1) is 5.41 Å². The van der Waals surface area contributed by atoms with Crippen LogP contribution in [0.15, 0.2) is 47.6 Å². The van der Waals surface area contributed by atoms with Gasteiger partial charge in [0.05, 0.1) is 22.5 Å². The third-order valence-corrected chi connectivity index (χ3v) is 4.96. The molecule has 0 bridgehead atoms. The summed E-state index contributed by atoms with van der Waals surface area (Å²) < 4.78 is 5.52. The van der Waals surface area contributed by atoms with Crippen molar-refractivity contribution in [3.63, 3.8) is 0 Å². The molecule has 0 amide bonds. The smallest absolute Gasteiger partial charge is 0.338 e. The summed E-state index contributed by atoms with van der Waals surface area (Å²) in [7, 11) is 0. The van der Waals surface area contributed by atoms with Gasteiger partial charge >= 0.3 is 5.97 Å². The highest BCUT2D eigenvalue weighted by atomic mass is 16.6. The topological polar surface area (TPSA) is 71.5 Å². The summed E-state index contributed by atoms with van der Waals surface area (Å²) in [5.74, 6) is -0.313. The molecule has 5 nitrogen and oxygen atoms in total. The lowest BCUT2D eigenvalue weighted by molar-refractivity contribution is 0.00694. The van der Waals surface area contributed by atoms with Gasteiger partial charge in [-0.05, 0) is 58.2 Å². The lowest BCUT2D eigenvalue weighted by Gasteiger charge is -2.19. The Morgan fingerprint density at radius 1 is 1.10 bits per heavy atom. The summed E-state index contributed by atoms with van der Waals surface area (Å²) in [6, 6.07) is 7.29. The molecule has 1 aliphatic heterocycles. The van der Waals surface area contributed by atoms with Crippen molar-refractivity contribution in [3.05, 3.63) is 65.0 Å². The number of hydrogen-bond acceptors (Lipinski definition) is 4. The summed E-state index contributed by atoms with van der Waals surface area (Å²) in [6.45, 7) is 11.3. The standard InChI is InChI=1S/C26H32N2O3/c1-25(2,3)23(29)19-16-27-21-14-9-7-8-13-20(28-22(19)21)17-11-10-12-18(15-17)24(30)31-26(4,5)6/h8,10-13,15-16,27H,7,9,14H2,1-6H3. The number of Topliss-reactive ketones (excluding diaryl/α,β-unsaturated/α-hetero) is 1. The van der Waals surface area contributed by atoms with Gasteiger partial charge in [0, 0.05) is 22.9 Å². The van der Waals surface area contributed by atoms with E-state index >= 15 is 0 Å². The molecule has 0 fully saturated rings. The Balaban J connectivity index is 2.07. The number of H-pyrrole nitrogens is 1. The van der Waals surface area contributed by atoms with Crippen molar-refractivity contribution in [2.75, 3.05) is 0 Å². The van der Waals surface area contributed by atoms with E-state index in [4.69, 9.17) is 9.73 Å². The van der Waals surface area contributed by atoms with E-state index in [9.17, 15) is 9.59 Å². The Bertz CT molecular complexity index is 1040. The number of nitrogens with zero attached hydrogens (tertiary/aromatic N) is 1. The number of benzene rings is 1. The predicted octanol–water partition coefficient (Wildman–Crippen LogP) is 6.21. The number of aromatic amines is 1. The minimum absolute atomic E-state index is 0.0545. The Morgan fingerprint density at radius 3 is 2.52 bits per heavy atom. The van der Waals surface area contributed by atoms with Gasteiger partial charge in [-0.2, -0.15) is 0 Å². The van der Waals surface area contributed by atoms with Crippen LogP contribution in [0.4, 0.5) is 5.69 Å². The number of hydrogen-bond donors (Lipinski definition) is 1. The average Bonchev–Trinajstić information content (AvgIpc) is 3.09. The minimum Gasteiger partial charge on any atom is -0.456 e. The van der Waals surface area contributed by atoms with Gasteiger partial charge in [0.15, 0.2) is 5.78 Å². The zero-order chi connectivity index (χ0) is 22.8. The van der Waals surface area contributed by atoms with Crippen LogP contribution < -0.4 is 0 Å². The fourth-order valence-electron chi connectivity index (χ4n) is 3.41. The van der Waals surface area contributed by atoms with Crippen LogP contribution >= 0.6 is 0 Å². The largest absolute Gasteiger partial charge is 0.456 e. The number of carbonyl (C=O) groups is 2. The lowest BCUT2D eigenvalue weighted by atomic mass is 9.87. The second kappa shape index (κ2) is 8.66. The first-order valence-electron chi connectivity index (χ1n) is 10.8. The van der Waals surface area contributed by atoms with Gasteiger partial charge in [-0.1, -0.05) is 39.0 Å². The molecule has 0 unspecified atom stereocenters. The third kappa shape index (κ3) is 5.60. The molecule has 0 saturated carbocycles. The molecule has 2 heterocycles. The number of fused-ring (bicyclic) bond motifs is 1. The fourth-order valence-corrected chi connectivity index (χ4v) is 3.41. The van der Waals surface area contributed by atoms with Gasteiger partial charge in [0.1, 0.15) is 5.60 Å². The molecule has 1 N–H and O–H groups in total. The van der Waals surface area contributed by atoms with Crippen molar-refractivity contribution in [2.45, 2.75) is 66.4 Å². The van der Waals surface area contributed by atoms with Gasteiger partial charge in [0.25, 0.3) is 0 Å². The highest BCUT2D eigenvalue weighted by molar-refractivity contribution is 6.12. The zero-order valence-corrected chi connectivity index (χ0v) is 19.3. The molecule has 31 heavy (non-hydrogen) atoms. The van der Waals surface area contributed by atoms with Crippen LogP contribution in [0.1, 0.15) is 86.4 Å². The Morgan fingerprint density at radius 2 is 1.84 bits per heavy atom. The first-order chi connectivity index (χ1) is 14.5. The van der Waals surface area contributed by atoms with E-state index in [0.717, 1.165) is 36.2 Å². The maximum atomic E-state index is 13.0. The summed E-state index contributed by atoms with van der Waals surface area (Å²) in [6.07, 6.45) is 8.55. The average molecular weight is 421 g/mol. The molecule has 0 aliphatic carbocycles. The summed E-state index contributed by atoms with van der Waals surface area (Å²) in [4.78, 5) is 33.8. The van der Waals surface area contributed by atoms with Gasteiger partial charge < -0.3 is 9.72 Å². The van der Waals surface area contributed by atoms with E-state index in [1.807, 2.05) is 59.8 Å². The SMILES string of the molecule is CC(C)(C)OC(=O)c1cccc(C2=Nc3c(C(=O)C(C)(C)C)c[nH]c3CCCC=C2)c1. The molecule has 164 valence electrons. The van der Waals surface area contributed by atoms with E-state index in [-0.39, 0.29) is 11.8 Å². The lowest BCUT2D eigenvalue weighted by Crippen LogP contribution is -2.24. The third-order valence-electron chi connectivity index (χ3n) is 4.96. The van der Waals surface area contributed by atoms with Gasteiger partial charge in [-0.3, -0.25) is 4.79 Å². The molecule has 1 aliphatic rings. The maximum Gasteiger partial charge on any atom is 0.338 e. The van der Waals surface area contributed by atoms with E-state index in [2.05, 4.69) is 11.1 Å². The summed E-state index contributed by atoms with van der Waals surface area (Å²) in [5.41, 5.74) is 3.21. The molecule has 5 heteroatoms. The highest BCUT2D eigenvalue weighted by Crippen LogP contribution is 2.33. The number of aliphatic imine (C=N–C) groups is 1. The predicted molar refractivity (Wildman–Crippen MR) is 124 cm³/mol. The van der Waals surface area contributed by atoms with Crippen molar-refractivity contribution < 1.29 is 14.3 Å². The van der Waals surface area contributed by atoms with Crippen LogP contribution in [0.3, 0.4) is 0 Å². The quantitative estimate of drug-likeness (QED) is 0.474. The monoisotopic (exact) mass is 420 g/mol. The molecule has 0 spiro atoms. The maximum absolute atomic E-state index is 13.0. The van der Waals surface area contributed by atoms with Gasteiger partial charge in [0.2, 0.25) is 0 Å². The second-order valence-corrected chi connectivity index (χ2v) is 9.98. The number of nitrogens with one attached hydrogen (secondary N) is 1. The van der Waals surface area contributed by atoms with Crippen molar-refractivity contribution >= 4 is 23.2 Å². The summed E-state index contributed by atoms with van der Waals surface area (Å²) >= 11 is 0. The first-order valence-corrected chi connectivity index (χ1v) is 10.8. The molecule has 1 aromatic heterocycles. The van der Waals surface area contributed by atoms with E-state index in [0.29, 0.717) is 16.8 Å². The van der Waals surface area contributed by atoms with Crippen LogP contribution in [-0.2, 0) is 11.2 Å². The number of aryl methyl sites for hydroxylation is 1. The van der Waals surface area contributed by atoms with Crippen LogP contribution in [-0.4, -0.2) is 28.0 Å². The fraction of sp³-hybridized carbons (Fsp3) is 0.423. The van der Waals surface area contributed by atoms with Crippen molar-refractivity contribution in [1.29, 1.82) is 0 Å². The molecule has 2 aromatic rings. The van der Waals surface area contributed by atoms with Crippen molar-refractivity contribution in [1.82, 2.24) is 4.98 Å². The van der Waals surface area contributed by atoms with E-state index < -0.39 is 11.0 Å². The number of allylic oxidation sites excluding steroid dienone is 2. The molecule has 0 radical (unpaired) electrons. The van der Waals surface area contributed by atoms with Crippen molar-refractivity contribution in [3.8, 4) is 0 Å². The normalized spacial score (nSPS) is 14.7. The number of aromatic nitrogens is 1. The number of rotatable bonds is 3. The molecule has 0 atom stereocenters. The number of esters is 1. The second-order valence-electron chi connectivity index (χ2n) is 9.98. The van der Waals surface area contributed by atoms with Gasteiger partial charge in [-0.25, -0.2) is 9.79 Å². The van der Waals surface area contributed by atoms with E-state index in [1.165, 1.54) is 0 Å². The molecule has 3 rings (SSSR count). The van der Waals surface area contributed by atoms with Crippen LogP contribution in [0.25, 0.3) is 0 Å².